The van der Waals surface area contributed by atoms with Gasteiger partial charge in [-0.1, -0.05) is 29.8 Å². The third kappa shape index (κ3) is 3.88. The van der Waals surface area contributed by atoms with Gasteiger partial charge in [-0.25, -0.2) is 4.98 Å². The molecule has 35 heavy (non-hydrogen) atoms. The lowest BCUT2D eigenvalue weighted by molar-refractivity contribution is -0.113. The number of benzene rings is 3. The number of rotatable bonds is 3. The van der Waals surface area contributed by atoms with Gasteiger partial charge in [0.25, 0.3) is 5.91 Å². The zero-order chi connectivity index (χ0) is 23.9. The number of hydrogen-bond donors (Lipinski definition) is 2. The highest BCUT2D eigenvalue weighted by Crippen LogP contribution is 2.42. The molecule has 176 valence electrons. The average molecular weight is 487 g/mol. The number of fused-ring (bicyclic) bond motifs is 4. The van der Waals surface area contributed by atoms with E-state index < -0.39 is 6.04 Å². The summed E-state index contributed by atoms with van der Waals surface area (Å²) in [6, 6.07) is 20.4. The molecule has 8 heteroatoms. The van der Waals surface area contributed by atoms with Crippen LogP contribution in [0.25, 0.3) is 11.0 Å². The minimum Gasteiger partial charge on any atom is -0.490 e. The van der Waals surface area contributed by atoms with Gasteiger partial charge >= 0.3 is 0 Å². The number of hydrogen-bond acceptors (Lipinski definition) is 5. The molecule has 0 spiro atoms. The summed E-state index contributed by atoms with van der Waals surface area (Å²) in [6.45, 7) is 3.10. The monoisotopic (exact) mass is 486 g/mol. The maximum atomic E-state index is 13.7. The molecule has 0 radical (unpaired) electrons. The standard InChI is InChI=1S/C27H23ClN4O3/c1-16-24(26(33)30-19-10-8-18(28)9-11-19)25(17-7-12-22-23(15-17)35-14-4-13-34-22)32-21-6-3-2-5-20(21)31-27(32)29-16/h2-3,5-12,15,25H,4,13-14H2,1H3,(H,29,31)(H,30,33). The van der Waals surface area contributed by atoms with Crippen LogP contribution < -0.4 is 20.1 Å². The fourth-order valence-corrected chi connectivity index (χ4v) is 4.78. The van der Waals surface area contributed by atoms with E-state index in [1.54, 1.807) is 24.3 Å². The smallest absolute Gasteiger partial charge is 0.255 e. The van der Waals surface area contributed by atoms with Gasteiger partial charge in [0.15, 0.2) is 11.5 Å². The highest BCUT2D eigenvalue weighted by atomic mass is 35.5. The maximum Gasteiger partial charge on any atom is 0.255 e. The molecule has 0 saturated heterocycles. The number of nitrogens with zero attached hydrogens (tertiary/aromatic N) is 2. The summed E-state index contributed by atoms with van der Waals surface area (Å²) in [5.41, 5.74) is 4.67. The second kappa shape index (κ2) is 8.67. The fourth-order valence-electron chi connectivity index (χ4n) is 4.66. The Labute approximate surface area is 207 Å². The Balaban J connectivity index is 1.50. The maximum absolute atomic E-state index is 13.7. The quantitative estimate of drug-likeness (QED) is 0.384. The van der Waals surface area contributed by atoms with Crippen LogP contribution in [0.5, 0.6) is 11.5 Å². The van der Waals surface area contributed by atoms with Crippen molar-refractivity contribution in [2.24, 2.45) is 0 Å². The second-order valence-electron chi connectivity index (χ2n) is 8.58. The predicted octanol–water partition coefficient (Wildman–Crippen LogP) is 5.78. The molecule has 3 aromatic carbocycles. The molecular formula is C27H23ClN4O3. The summed E-state index contributed by atoms with van der Waals surface area (Å²) in [5.74, 6) is 1.87. The molecule has 1 atom stereocenters. The summed E-state index contributed by atoms with van der Waals surface area (Å²) in [7, 11) is 0. The van der Waals surface area contributed by atoms with Crippen LogP contribution in [0.4, 0.5) is 11.6 Å². The molecule has 7 nitrogen and oxygen atoms in total. The molecule has 0 fully saturated rings. The van der Waals surface area contributed by atoms with Gasteiger partial charge < -0.3 is 20.1 Å². The predicted molar refractivity (Wildman–Crippen MR) is 136 cm³/mol. The minimum absolute atomic E-state index is 0.210. The summed E-state index contributed by atoms with van der Waals surface area (Å²) >= 11 is 6.03. The fraction of sp³-hybridized carbons (Fsp3) is 0.185. The molecule has 0 aliphatic carbocycles. The van der Waals surface area contributed by atoms with E-state index in [2.05, 4.69) is 15.2 Å². The molecule has 0 bridgehead atoms. The SMILES string of the molecule is CC1=C(C(=O)Nc2ccc(Cl)cc2)C(c2ccc3c(c2)OCCCO3)n2c(nc3ccccc32)N1. The highest BCUT2D eigenvalue weighted by Gasteiger charge is 2.34. The molecule has 4 aromatic rings. The van der Waals surface area contributed by atoms with Crippen LogP contribution in [0, 0.1) is 0 Å². The Bertz CT molecular complexity index is 1480. The number of amides is 1. The molecule has 0 saturated carbocycles. The third-order valence-electron chi connectivity index (χ3n) is 6.26. The lowest BCUT2D eigenvalue weighted by atomic mass is 9.94. The summed E-state index contributed by atoms with van der Waals surface area (Å²) in [6.07, 6.45) is 0.821. The Morgan fingerprint density at radius 2 is 1.83 bits per heavy atom. The van der Waals surface area contributed by atoms with E-state index in [1.165, 1.54) is 0 Å². The van der Waals surface area contributed by atoms with Crippen molar-refractivity contribution in [2.45, 2.75) is 19.4 Å². The van der Waals surface area contributed by atoms with E-state index in [0.29, 0.717) is 46.9 Å². The molecular weight excluding hydrogens is 464 g/mol. The van der Waals surface area contributed by atoms with Crippen LogP contribution in [-0.2, 0) is 4.79 Å². The van der Waals surface area contributed by atoms with Crippen molar-refractivity contribution in [2.75, 3.05) is 23.8 Å². The molecule has 1 unspecified atom stereocenters. The van der Waals surface area contributed by atoms with E-state index in [-0.39, 0.29) is 5.91 Å². The number of para-hydroxylation sites is 2. The van der Waals surface area contributed by atoms with Gasteiger partial charge in [-0.3, -0.25) is 9.36 Å². The first kappa shape index (κ1) is 21.6. The molecule has 1 amide bonds. The van der Waals surface area contributed by atoms with Crippen molar-refractivity contribution in [1.82, 2.24) is 9.55 Å². The number of nitrogens with one attached hydrogen (secondary N) is 2. The van der Waals surface area contributed by atoms with Gasteiger partial charge in [-0.2, -0.15) is 0 Å². The molecule has 3 heterocycles. The zero-order valence-corrected chi connectivity index (χ0v) is 19.8. The van der Waals surface area contributed by atoms with Crippen molar-refractivity contribution in [3.8, 4) is 11.5 Å². The van der Waals surface area contributed by atoms with E-state index in [9.17, 15) is 4.79 Å². The van der Waals surface area contributed by atoms with Crippen LogP contribution in [0.15, 0.2) is 78.0 Å². The lowest BCUT2D eigenvalue weighted by Crippen LogP contribution is -2.31. The summed E-state index contributed by atoms with van der Waals surface area (Å²) < 4.78 is 13.9. The average Bonchev–Trinajstić information content (AvgIpc) is 3.05. The Kier molecular flexibility index (Phi) is 5.34. The first-order chi connectivity index (χ1) is 17.1. The van der Waals surface area contributed by atoms with Crippen LogP contribution >= 0.6 is 11.6 Å². The number of allylic oxidation sites excluding steroid dienone is 1. The van der Waals surface area contributed by atoms with Crippen molar-refractivity contribution >= 4 is 40.2 Å². The van der Waals surface area contributed by atoms with Crippen molar-refractivity contribution in [1.29, 1.82) is 0 Å². The van der Waals surface area contributed by atoms with Gasteiger partial charge in [-0.05, 0) is 61.0 Å². The summed E-state index contributed by atoms with van der Waals surface area (Å²) in [5, 5.41) is 6.98. The van der Waals surface area contributed by atoms with E-state index in [0.717, 1.165) is 28.7 Å². The normalized spacial score (nSPS) is 16.9. The minimum atomic E-state index is -0.428. The van der Waals surface area contributed by atoms with E-state index in [1.807, 2.05) is 49.4 Å². The van der Waals surface area contributed by atoms with Crippen LogP contribution in [0.2, 0.25) is 5.02 Å². The van der Waals surface area contributed by atoms with Gasteiger partial charge in [0.05, 0.1) is 35.9 Å². The largest absolute Gasteiger partial charge is 0.490 e. The molecule has 2 aliphatic rings. The number of aromatic nitrogens is 2. The second-order valence-corrected chi connectivity index (χ2v) is 9.01. The number of halogens is 1. The Morgan fingerprint density at radius 3 is 2.66 bits per heavy atom. The molecule has 2 aliphatic heterocycles. The van der Waals surface area contributed by atoms with E-state index in [4.69, 9.17) is 26.1 Å². The van der Waals surface area contributed by atoms with Crippen molar-refractivity contribution < 1.29 is 14.3 Å². The highest BCUT2D eigenvalue weighted by molar-refractivity contribution is 6.30. The van der Waals surface area contributed by atoms with Gasteiger partial charge in [0, 0.05) is 22.8 Å². The molecule has 2 N–H and O–H groups in total. The van der Waals surface area contributed by atoms with Crippen LogP contribution in [0.3, 0.4) is 0 Å². The lowest BCUT2D eigenvalue weighted by Gasteiger charge is -2.31. The first-order valence-corrected chi connectivity index (χ1v) is 11.9. The zero-order valence-electron chi connectivity index (χ0n) is 19.0. The number of carbonyl (C=O) groups is 1. The van der Waals surface area contributed by atoms with Crippen LogP contribution in [-0.4, -0.2) is 28.7 Å². The van der Waals surface area contributed by atoms with Gasteiger partial charge in [0.1, 0.15) is 0 Å². The van der Waals surface area contributed by atoms with E-state index >= 15 is 0 Å². The van der Waals surface area contributed by atoms with Gasteiger partial charge in [-0.15, -0.1) is 0 Å². The Morgan fingerprint density at radius 1 is 1.06 bits per heavy atom. The van der Waals surface area contributed by atoms with Crippen LogP contribution in [0.1, 0.15) is 24.9 Å². The van der Waals surface area contributed by atoms with Gasteiger partial charge in [0.2, 0.25) is 5.95 Å². The Hall–Kier alpha value is -3.97. The number of carbonyl (C=O) groups excluding carboxylic acids is 1. The molecule has 6 rings (SSSR count). The summed E-state index contributed by atoms with van der Waals surface area (Å²) in [4.78, 5) is 18.5. The third-order valence-corrected chi connectivity index (χ3v) is 6.52. The number of imidazole rings is 1. The van der Waals surface area contributed by atoms with Crippen molar-refractivity contribution in [3.63, 3.8) is 0 Å². The molecule has 1 aromatic heterocycles. The topological polar surface area (TPSA) is 77.4 Å². The number of ether oxygens (including phenoxy) is 2. The van der Waals surface area contributed by atoms with Crippen molar-refractivity contribution in [3.05, 3.63) is 88.6 Å². The number of anilines is 2. The first-order valence-electron chi connectivity index (χ1n) is 11.5.